The van der Waals surface area contributed by atoms with Crippen molar-refractivity contribution in [1.29, 1.82) is 0 Å². The van der Waals surface area contributed by atoms with Gasteiger partial charge in [-0.3, -0.25) is 14.4 Å². The lowest BCUT2D eigenvalue weighted by Crippen LogP contribution is -2.30. The molecular weight excluding hydrogens is 666 g/mol. The van der Waals surface area contributed by atoms with Gasteiger partial charge >= 0.3 is 5.97 Å². The van der Waals surface area contributed by atoms with Crippen LogP contribution in [0.3, 0.4) is 0 Å². The standard InChI is InChI=1S/C33H27BrClN3O5S/c1-2-29(32(41)37-27-18-22(33(42)43)14-15-26(27)35)44-25-13-7-12-24(19-25)36-31(40)28(17-20-8-6-11-23(34)16-20)38-30(39)21-9-4-3-5-10-21/h3-19,29H,2H2,1H3,(H,36,40)(H,37,41)(H,38,39)(H,42,43)/b28-17+. The Bertz CT molecular complexity index is 1730. The maximum absolute atomic E-state index is 13.4. The Hall–Kier alpha value is -4.38. The van der Waals surface area contributed by atoms with E-state index in [4.69, 9.17) is 11.6 Å². The molecule has 3 amide bonds. The zero-order valence-corrected chi connectivity index (χ0v) is 26.5. The predicted octanol–water partition coefficient (Wildman–Crippen LogP) is 7.72. The lowest BCUT2D eigenvalue weighted by molar-refractivity contribution is -0.116. The van der Waals surface area contributed by atoms with Crippen LogP contribution in [0.1, 0.15) is 39.6 Å². The summed E-state index contributed by atoms with van der Waals surface area (Å²) in [7, 11) is 0. The van der Waals surface area contributed by atoms with E-state index in [9.17, 15) is 24.3 Å². The number of aromatic carboxylic acids is 1. The van der Waals surface area contributed by atoms with E-state index >= 15 is 0 Å². The maximum Gasteiger partial charge on any atom is 0.335 e. The van der Waals surface area contributed by atoms with Crippen LogP contribution in [0, 0.1) is 0 Å². The number of hydrogen-bond acceptors (Lipinski definition) is 5. The molecule has 0 heterocycles. The van der Waals surface area contributed by atoms with Crippen LogP contribution >= 0.6 is 39.3 Å². The molecule has 8 nitrogen and oxygen atoms in total. The summed E-state index contributed by atoms with van der Waals surface area (Å²) in [6.45, 7) is 1.85. The fourth-order valence-corrected chi connectivity index (χ4v) is 5.60. The molecule has 224 valence electrons. The van der Waals surface area contributed by atoms with Crippen LogP contribution in [0.25, 0.3) is 6.08 Å². The van der Waals surface area contributed by atoms with Gasteiger partial charge in [0.2, 0.25) is 5.91 Å². The molecule has 0 radical (unpaired) electrons. The first-order valence-corrected chi connectivity index (χ1v) is 15.4. The van der Waals surface area contributed by atoms with Gasteiger partial charge in [0, 0.05) is 20.6 Å². The van der Waals surface area contributed by atoms with Crippen LogP contribution in [0.4, 0.5) is 11.4 Å². The molecule has 0 aliphatic heterocycles. The second kappa shape index (κ2) is 15.4. The van der Waals surface area contributed by atoms with E-state index in [2.05, 4.69) is 31.9 Å². The number of carboxylic acid groups (broad SMARTS) is 1. The number of carbonyl (C=O) groups excluding carboxylic acids is 3. The molecule has 0 saturated carbocycles. The topological polar surface area (TPSA) is 125 Å². The summed E-state index contributed by atoms with van der Waals surface area (Å²) < 4.78 is 0.816. The third-order valence-electron chi connectivity index (χ3n) is 6.19. The molecule has 0 aromatic heterocycles. The Balaban J connectivity index is 1.50. The molecule has 11 heteroatoms. The number of carbonyl (C=O) groups is 4. The van der Waals surface area contributed by atoms with Gasteiger partial charge in [0.05, 0.1) is 21.5 Å². The van der Waals surface area contributed by atoms with Crippen molar-refractivity contribution in [3.8, 4) is 0 Å². The Morgan fingerprint density at radius 1 is 0.886 bits per heavy atom. The van der Waals surface area contributed by atoms with Gasteiger partial charge in [-0.15, -0.1) is 11.8 Å². The first-order valence-electron chi connectivity index (χ1n) is 13.4. The molecule has 44 heavy (non-hydrogen) atoms. The lowest BCUT2D eigenvalue weighted by atomic mass is 10.1. The second-order valence-electron chi connectivity index (χ2n) is 9.42. The van der Waals surface area contributed by atoms with Crippen LogP contribution in [0.15, 0.2) is 112 Å². The number of anilines is 2. The van der Waals surface area contributed by atoms with Crippen LogP contribution in [-0.4, -0.2) is 34.0 Å². The predicted molar refractivity (Wildman–Crippen MR) is 178 cm³/mol. The van der Waals surface area contributed by atoms with Gasteiger partial charge in [-0.25, -0.2) is 4.79 Å². The van der Waals surface area contributed by atoms with E-state index in [1.54, 1.807) is 54.6 Å². The third kappa shape index (κ3) is 9.06. The summed E-state index contributed by atoms with van der Waals surface area (Å²) in [6.07, 6.45) is 2.05. The smallest absolute Gasteiger partial charge is 0.335 e. The molecule has 0 saturated heterocycles. The number of nitrogens with one attached hydrogen (secondary N) is 3. The molecule has 1 unspecified atom stereocenters. The average molecular weight is 693 g/mol. The highest BCUT2D eigenvalue weighted by Gasteiger charge is 2.21. The summed E-state index contributed by atoms with van der Waals surface area (Å²) >= 11 is 10.9. The van der Waals surface area contributed by atoms with Gasteiger partial charge in [0.25, 0.3) is 11.8 Å². The first-order chi connectivity index (χ1) is 21.1. The Morgan fingerprint density at radius 2 is 1.64 bits per heavy atom. The van der Waals surface area contributed by atoms with Crippen LogP contribution in [0.2, 0.25) is 5.02 Å². The molecule has 0 spiro atoms. The average Bonchev–Trinajstić information content (AvgIpc) is 3.01. The zero-order chi connectivity index (χ0) is 31.6. The van der Waals surface area contributed by atoms with Crippen molar-refractivity contribution < 1.29 is 24.3 Å². The van der Waals surface area contributed by atoms with Gasteiger partial charge < -0.3 is 21.1 Å². The molecule has 0 aliphatic carbocycles. The quantitative estimate of drug-likeness (QED) is 0.0943. The molecule has 1 atom stereocenters. The molecule has 4 rings (SSSR count). The van der Waals surface area contributed by atoms with Crippen molar-refractivity contribution in [3.63, 3.8) is 0 Å². The van der Waals surface area contributed by atoms with Crippen molar-refractivity contribution in [2.24, 2.45) is 0 Å². The van der Waals surface area contributed by atoms with E-state index in [1.165, 1.54) is 30.0 Å². The maximum atomic E-state index is 13.4. The minimum atomic E-state index is -1.13. The summed E-state index contributed by atoms with van der Waals surface area (Å²) in [5, 5.41) is 17.2. The SMILES string of the molecule is CCC(Sc1cccc(NC(=O)/C(=C\c2cccc(Br)c2)NC(=O)c2ccccc2)c1)C(=O)Nc1cc(C(=O)O)ccc1Cl. The van der Waals surface area contributed by atoms with E-state index < -0.39 is 23.0 Å². The molecule has 0 bridgehead atoms. The Labute approximate surface area is 272 Å². The number of thioether (sulfide) groups is 1. The third-order valence-corrected chi connectivity index (χ3v) is 8.37. The number of rotatable bonds is 11. The summed E-state index contributed by atoms with van der Waals surface area (Å²) in [6, 6.07) is 27.0. The monoisotopic (exact) mass is 691 g/mol. The number of hydrogen-bond donors (Lipinski definition) is 4. The number of benzene rings is 4. The highest BCUT2D eigenvalue weighted by molar-refractivity contribution is 9.10. The normalized spacial score (nSPS) is 11.8. The van der Waals surface area contributed by atoms with Gasteiger partial charge in [0.1, 0.15) is 5.70 Å². The fourth-order valence-electron chi connectivity index (χ4n) is 4.00. The van der Waals surface area contributed by atoms with Gasteiger partial charge in [-0.05, 0) is 78.7 Å². The summed E-state index contributed by atoms with van der Waals surface area (Å²) in [4.78, 5) is 51.5. The van der Waals surface area contributed by atoms with Crippen molar-refractivity contribution in [3.05, 3.63) is 129 Å². The molecule has 4 N–H and O–H groups in total. The minimum Gasteiger partial charge on any atom is -0.478 e. The van der Waals surface area contributed by atoms with Gasteiger partial charge in [0.15, 0.2) is 0 Å². The largest absolute Gasteiger partial charge is 0.478 e. The van der Waals surface area contributed by atoms with Gasteiger partial charge in [-0.1, -0.05) is 70.9 Å². The van der Waals surface area contributed by atoms with Crippen LogP contribution < -0.4 is 16.0 Å². The van der Waals surface area contributed by atoms with Gasteiger partial charge in [-0.2, -0.15) is 0 Å². The Morgan fingerprint density at radius 3 is 2.34 bits per heavy atom. The van der Waals surface area contributed by atoms with Crippen molar-refractivity contribution >= 4 is 80.4 Å². The van der Waals surface area contributed by atoms with Crippen molar-refractivity contribution in [2.75, 3.05) is 10.6 Å². The van der Waals surface area contributed by atoms with Crippen molar-refractivity contribution in [1.82, 2.24) is 5.32 Å². The Kier molecular flexibility index (Phi) is 11.4. The summed E-state index contributed by atoms with van der Waals surface area (Å²) in [5.74, 6) is -2.45. The highest BCUT2D eigenvalue weighted by atomic mass is 79.9. The second-order valence-corrected chi connectivity index (χ2v) is 12.0. The number of halogens is 2. The number of amides is 3. The summed E-state index contributed by atoms with van der Waals surface area (Å²) in [5.41, 5.74) is 1.82. The number of carboxylic acids is 1. The zero-order valence-electron chi connectivity index (χ0n) is 23.3. The lowest BCUT2D eigenvalue weighted by Gasteiger charge is -2.17. The minimum absolute atomic E-state index is 0.00196. The molecule has 4 aromatic rings. The molecular formula is C33H27BrClN3O5S. The van der Waals surface area contributed by atoms with Crippen LogP contribution in [-0.2, 0) is 9.59 Å². The van der Waals surface area contributed by atoms with E-state index in [0.717, 1.165) is 4.47 Å². The molecule has 4 aromatic carbocycles. The molecule has 0 fully saturated rings. The van der Waals surface area contributed by atoms with E-state index in [1.807, 2.05) is 37.3 Å². The van der Waals surface area contributed by atoms with Crippen LogP contribution in [0.5, 0.6) is 0 Å². The molecule has 0 aliphatic rings. The van der Waals surface area contributed by atoms with E-state index in [0.29, 0.717) is 28.1 Å². The van der Waals surface area contributed by atoms with E-state index in [-0.39, 0.29) is 27.9 Å². The van der Waals surface area contributed by atoms with Crippen molar-refractivity contribution in [2.45, 2.75) is 23.5 Å². The first kappa shape index (κ1) is 32.5. The highest BCUT2D eigenvalue weighted by Crippen LogP contribution is 2.30. The fraction of sp³-hybridized carbons (Fsp3) is 0.0909.